The quantitative estimate of drug-likeness (QED) is 0.206. The SMILES string of the molecule is CC[C-](CC)CCCC1C=Cc2ccccc21.[Cl-].[Cl-].[Zr+2].c1ccc2[cH-]c(CCc3cc4ccccc4[cH-]3)cc2c1. The maximum atomic E-state index is 2.38. The molecular formula is C37H39Cl2Zr-3. The normalized spacial score (nSPS) is 13.2. The Morgan fingerprint density at radius 1 is 0.700 bits per heavy atom. The summed E-state index contributed by atoms with van der Waals surface area (Å²) < 4.78 is 0. The van der Waals surface area contributed by atoms with E-state index in [1.165, 1.54) is 75.9 Å². The van der Waals surface area contributed by atoms with Crippen LogP contribution < -0.4 is 24.8 Å². The Morgan fingerprint density at radius 2 is 1.23 bits per heavy atom. The molecule has 0 amide bonds. The molecule has 5 aromatic rings. The Bertz CT molecular complexity index is 1310. The van der Waals surface area contributed by atoms with Crippen molar-refractivity contribution < 1.29 is 51.0 Å². The molecule has 0 fully saturated rings. The van der Waals surface area contributed by atoms with Gasteiger partial charge in [0.1, 0.15) is 0 Å². The van der Waals surface area contributed by atoms with Gasteiger partial charge in [-0.05, 0) is 30.4 Å². The maximum Gasteiger partial charge on any atom is 2.00 e. The summed E-state index contributed by atoms with van der Waals surface area (Å²) in [4.78, 5) is 0. The maximum absolute atomic E-state index is 2.38. The van der Waals surface area contributed by atoms with E-state index < -0.39 is 0 Å². The largest absolute Gasteiger partial charge is 2.00 e. The van der Waals surface area contributed by atoms with E-state index in [4.69, 9.17) is 0 Å². The topological polar surface area (TPSA) is 0 Å². The van der Waals surface area contributed by atoms with E-state index >= 15 is 0 Å². The predicted molar refractivity (Wildman–Crippen MR) is 162 cm³/mol. The smallest absolute Gasteiger partial charge is 1.00 e. The first-order chi connectivity index (χ1) is 18.2. The van der Waals surface area contributed by atoms with Crippen LogP contribution in [0.1, 0.15) is 74.1 Å². The number of aryl methyl sites for hydroxylation is 2. The van der Waals surface area contributed by atoms with Crippen molar-refractivity contribution in [1.29, 1.82) is 0 Å². The van der Waals surface area contributed by atoms with Crippen molar-refractivity contribution in [3.05, 3.63) is 131 Å². The minimum atomic E-state index is 0. The van der Waals surface area contributed by atoms with Gasteiger partial charge in [0, 0.05) is 5.92 Å². The molecule has 6 rings (SSSR count). The summed E-state index contributed by atoms with van der Waals surface area (Å²) in [5.74, 6) is 2.39. The monoisotopic (exact) mass is 643 g/mol. The molecule has 0 bridgehead atoms. The molecular weight excluding hydrogens is 607 g/mol. The van der Waals surface area contributed by atoms with Gasteiger partial charge < -0.3 is 30.7 Å². The summed E-state index contributed by atoms with van der Waals surface area (Å²) in [6, 6.07) is 35.3. The number of benzene rings is 3. The number of hydrogen-bond acceptors (Lipinski definition) is 0. The van der Waals surface area contributed by atoms with Crippen LogP contribution in [0, 0.1) is 5.92 Å². The van der Waals surface area contributed by atoms with Gasteiger partial charge >= 0.3 is 26.2 Å². The van der Waals surface area contributed by atoms with E-state index in [1.807, 2.05) is 0 Å². The molecule has 0 saturated heterocycles. The van der Waals surface area contributed by atoms with Crippen molar-refractivity contribution in [2.45, 2.75) is 64.7 Å². The van der Waals surface area contributed by atoms with Gasteiger partial charge in [0.25, 0.3) is 0 Å². The van der Waals surface area contributed by atoms with Crippen molar-refractivity contribution in [3.8, 4) is 0 Å². The van der Waals surface area contributed by atoms with Gasteiger partial charge in [-0.15, -0.1) is 81.2 Å². The van der Waals surface area contributed by atoms with Gasteiger partial charge in [-0.1, -0.05) is 68.8 Å². The molecule has 1 atom stereocenters. The Balaban J connectivity index is 0.000000264. The summed E-state index contributed by atoms with van der Waals surface area (Å²) in [7, 11) is 0. The fourth-order valence-electron chi connectivity index (χ4n) is 5.76. The molecule has 0 N–H and O–H groups in total. The minimum absolute atomic E-state index is 0. The third kappa shape index (κ3) is 8.79. The van der Waals surface area contributed by atoms with Crippen LogP contribution in [-0.4, -0.2) is 0 Å². The molecule has 0 radical (unpaired) electrons. The van der Waals surface area contributed by atoms with E-state index in [0.717, 1.165) is 12.8 Å². The number of rotatable bonds is 9. The van der Waals surface area contributed by atoms with Gasteiger partial charge in [-0.2, -0.15) is 31.4 Å². The van der Waals surface area contributed by atoms with Crippen LogP contribution >= 0.6 is 0 Å². The second-order valence-electron chi connectivity index (χ2n) is 10.4. The van der Waals surface area contributed by atoms with Crippen LogP contribution in [0.4, 0.5) is 0 Å². The fraction of sp³-hybridized carbons (Fsp3) is 0.270. The summed E-state index contributed by atoms with van der Waals surface area (Å²) in [5, 5.41) is 5.43. The predicted octanol–water partition coefficient (Wildman–Crippen LogP) is 4.58. The van der Waals surface area contributed by atoms with Gasteiger partial charge in [0.2, 0.25) is 0 Å². The molecule has 1 unspecified atom stereocenters. The minimum Gasteiger partial charge on any atom is -1.00 e. The molecule has 5 aromatic carbocycles. The Hall–Kier alpha value is -1.92. The van der Waals surface area contributed by atoms with E-state index in [0.29, 0.717) is 5.92 Å². The van der Waals surface area contributed by atoms with E-state index in [2.05, 4.69) is 123 Å². The number of hydrogen-bond donors (Lipinski definition) is 0. The fourth-order valence-corrected chi connectivity index (χ4v) is 5.76. The van der Waals surface area contributed by atoms with E-state index in [-0.39, 0.29) is 51.0 Å². The molecule has 40 heavy (non-hydrogen) atoms. The van der Waals surface area contributed by atoms with Crippen molar-refractivity contribution in [2.75, 3.05) is 0 Å². The van der Waals surface area contributed by atoms with Gasteiger partial charge in [-0.3, -0.25) is 0 Å². The molecule has 0 spiro atoms. The molecule has 0 aliphatic heterocycles. The zero-order valence-corrected chi connectivity index (χ0v) is 27.6. The van der Waals surface area contributed by atoms with Crippen molar-refractivity contribution >= 4 is 27.6 Å². The number of allylic oxidation sites excluding steroid dienone is 1. The number of halogens is 2. The van der Waals surface area contributed by atoms with E-state index in [9.17, 15) is 0 Å². The zero-order chi connectivity index (χ0) is 25.5. The molecule has 1 aliphatic carbocycles. The summed E-state index contributed by atoms with van der Waals surface area (Å²) in [6.07, 6.45) is 13.4. The van der Waals surface area contributed by atoms with Crippen molar-refractivity contribution in [1.82, 2.24) is 0 Å². The van der Waals surface area contributed by atoms with Crippen LogP contribution in [0.3, 0.4) is 0 Å². The Morgan fingerprint density at radius 3 is 1.77 bits per heavy atom. The van der Waals surface area contributed by atoms with E-state index in [1.54, 1.807) is 5.92 Å². The molecule has 3 heteroatoms. The van der Waals surface area contributed by atoms with Crippen LogP contribution in [-0.2, 0) is 39.0 Å². The molecule has 1 aliphatic rings. The zero-order valence-electron chi connectivity index (χ0n) is 23.7. The Labute approximate surface area is 272 Å². The van der Waals surface area contributed by atoms with Gasteiger partial charge in [0.15, 0.2) is 0 Å². The third-order valence-corrected chi connectivity index (χ3v) is 8.01. The first kappa shape index (κ1) is 34.3. The van der Waals surface area contributed by atoms with Crippen molar-refractivity contribution in [2.24, 2.45) is 0 Å². The molecule has 0 heterocycles. The second-order valence-corrected chi connectivity index (χ2v) is 10.4. The molecule has 0 nitrogen and oxygen atoms in total. The summed E-state index contributed by atoms with van der Waals surface area (Å²) >= 11 is 0. The van der Waals surface area contributed by atoms with Gasteiger partial charge in [-0.25, -0.2) is 0 Å². The van der Waals surface area contributed by atoms with Crippen LogP contribution in [0.25, 0.3) is 27.6 Å². The third-order valence-electron chi connectivity index (χ3n) is 8.01. The Kier molecular flexibility index (Phi) is 14.7. The standard InChI is InChI=1S/C20H16.C17H23.2ClH.Zr/c1-2-6-18-12-15(11-17(18)5-1)9-10-16-13-19-7-3-4-8-20(19)14-16;1-3-14(4-2)8-7-10-16-13-12-15-9-5-6-11-17(15)16;;;/h1-8,11-14H,9-10H2;5-6,9,11-13,16H,3-4,7-8,10H2,1-2H3;2*1H;/q-2;-1;;;+2/p-2. The van der Waals surface area contributed by atoms with Crippen molar-refractivity contribution in [3.63, 3.8) is 0 Å². The van der Waals surface area contributed by atoms with Crippen LogP contribution in [0.5, 0.6) is 0 Å². The first-order valence-electron chi connectivity index (χ1n) is 14.1. The molecule has 208 valence electrons. The molecule has 0 saturated carbocycles. The van der Waals surface area contributed by atoms with Crippen LogP contribution in [0.15, 0.2) is 103 Å². The summed E-state index contributed by atoms with van der Waals surface area (Å²) in [6.45, 7) is 4.56. The van der Waals surface area contributed by atoms with Crippen LogP contribution in [0.2, 0.25) is 0 Å². The number of fused-ring (bicyclic) bond motifs is 3. The average Bonchev–Trinajstić information content (AvgIpc) is 3.66. The molecule has 0 aromatic heterocycles. The van der Waals surface area contributed by atoms with Gasteiger partial charge in [0.05, 0.1) is 0 Å². The average molecular weight is 646 g/mol. The summed E-state index contributed by atoms with van der Waals surface area (Å²) in [5.41, 5.74) is 5.84. The second kappa shape index (κ2) is 17.1. The first-order valence-corrected chi connectivity index (χ1v) is 14.1.